The molecule has 0 saturated carbocycles. The van der Waals surface area contributed by atoms with E-state index in [0.29, 0.717) is 6.61 Å². The number of hydrogen-bond acceptors (Lipinski definition) is 2. The van der Waals surface area contributed by atoms with Crippen molar-refractivity contribution in [1.82, 2.24) is 0 Å². The average molecular weight is 347 g/mol. The molecule has 0 aliphatic rings. The minimum absolute atomic E-state index is 0.0347. The van der Waals surface area contributed by atoms with E-state index in [2.05, 4.69) is 60.7 Å². The molecular formula is C14H22INO. The number of hydrogen-bond donors (Lipinski definition) is 1. The van der Waals surface area contributed by atoms with Crippen LogP contribution in [0.5, 0.6) is 0 Å². The van der Waals surface area contributed by atoms with Crippen LogP contribution in [0, 0.1) is 3.57 Å². The lowest BCUT2D eigenvalue weighted by atomic mass is 9.89. The van der Waals surface area contributed by atoms with Gasteiger partial charge >= 0.3 is 0 Å². The fourth-order valence-electron chi connectivity index (χ4n) is 1.89. The number of benzene rings is 1. The minimum Gasteiger partial charge on any atom is -0.374 e. The molecule has 0 spiro atoms. The van der Waals surface area contributed by atoms with E-state index in [9.17, 15) is 0 Å². The molecule has 1 aromatic rings. The number of rotatable bonds is 6. The van der Waals surface area contributed by atoms with E-state index in [1.165, 1.54) is 9.13 Å². The Balaban J connectivity index is 2.69. The summed E-state index contributed by atoms with van der Waals surface area (Å²) >= 11 is 2.31. The van der Waals surface area contributed by atoms with Crippen molar-refractivity contribution in [3.8, 4) is 0 Å². The van der Waals surface area contributed by atoms with E-state index in [1.54, 1.807) is 0 Å². The fraction of sp³-hybridized carbons (Fsp3) is 0.571. The second kappa shape index (κ2) is 6.71. The molecule has 96 valence electrons. The number of halogens is 1. The van der Waals surface area contributed by atoms with Crippen molar-refractivity contribution in [2.75, 3.05) is 6.61 Å². The van der Waals surface area contributed by atoms with E-state index in [4.69, 9.17) is 10.5 Å². The van der Waals surface area contributed by atoms with Gasteiger partial charge in [-0.05, 0) is 67.0 Å². The summed E-state index contributed by atoms with van der Waals surface area (Å²) < 4.78 is 7.06. The first-order valence-corrected chi connectivity index (χ1v) is 7.23. The highest BCUT2D eigenvalue weighted by molar-refractivity contribution is 14.1. The molecule has 17 heavy (non-hydrogen) atoms. The first-order chi connectivity index (χ1) is 8.01. The lowest BCUT2D eigenvalue weighted by Crippen LogP contribution is -2.48. The highest BCUT2D eigenvalue weighted by Gasteiger charge is 2.30. The fourth-order valence-corrected chi connectivity index (χ4v) is 2.25. The molecule has 0 aliphatic carbocycles. The zero-order valence-corrected chi connectivity index (χ0v) is 13.0. The summed E-state index contributed by atoms with van der Waals surface area (Å²) in [5.41, 5.74) is 7.34. The summed E-state index contributed by atoms with van der Waals surface area (Å²) in [4.78, 5) is 0. The van der Waals surface area contributed by atoms with Gasteiger partial charge in [0.05, 0.1) is 5.60 Å². The van der Waals surface area contributed by atoms with E-state index < -0.39 is 0 Å². The Morgan fingerprint density at radius 2 is 1.88 bits per heavy atom. The molecule has 0 heterocycles. The third-order valence-electron chi connectivity index (χ3n) is 3.33. The van der Waals surface area contributed by atoms with Gasteiger partial charge in [0.2, 0.25) is 0 Å². The Bertz CT molecular complexity index is 339. The maximum absolute atomic E-state index is 6.29. The summed E-state index contributed by atoms with van der Waals surface area (Å²) in [6, 6.07) is 8.56. The molecule has 0 amide bonds. The Labute approximate surface area is 118 Å². The van der Waals surface area contributed by atoms with Gasteiger partial charge in [-0.1, -0.05) is 19.1 Å². The SMILES string of the molecule is CCOC(C)(CC)C(N)Cc1ccc(I)cc1. The van der Waals surface area contributed by atoms with Crippen LogP contribution in [0.2, 0.25) is 0 Å². The average Bonchev–Trinajstić information content (AvgIpc) is 2.32. The van der Waals surface area contributed by atoms with Gasteiger partial charge in [-0.15, -0.1) is 0 Å². The van der Waals surface area contributed by atoms with Crippen LogP contribution in [0.1, 0.15) is 32.8 Å². The van der Waals surface area contributed by atoms with Gasteiger partial charge in [-0.25, -0.2) is 0 Å². The van der Waals surface area contributed by atoms with Crippen LogP contribution in [0.25, 0.3) is 0 Å². The molecule has 2 N–H and O–H groups in total. The number of ether oxygens (including phenoxy) is 1. The Kier molecular flexibility index (Phi) is 5.89. The molecule has 0 radical (unpaired) electrons. The lowest BCUT2D eigenvalue weighted by Gasteiger charge is -2.34. The Morgan fingerprint density at radius 1 is 1.29 bits per heavy atom. The predicted molar refractivity (Wildman–Crippen MR) is 81.2 cm³/mol. The van der Waals surface area contributed by atoms with E-state index in [-0.39, 0.29) is 11.6 Å². The molecule has 1 aromatic carbocycles. The van der Waals surface area contributed by atoms with E-state index >= 15 is 0 Å². The van der Waals surface area contributed by atoms with Gasteiger partial charge in [-0.2, -0.15) is 0 Å². The molecule has 0 bridgehead atoms. The molecule has 2 unspecified atom stereocenters. The Hall–Kier alpha value is -0.130. The molecule has 0 aromatic heterocycles. The summed E-state index contributed by atoms with van der Waals surface area (Å²) in [7, 11) is 0. The van der Waals surface area contributed by atoms with Gasteiger partial charge in [0.25, 0.3) is 0 Å². The van der Waals surface area contributed by atoms with Gasteiger partial charge in [0.15, 0.2) is 0 Å². The summed E-state index contributed by atoms with van der Waals surface area (Å²) in [5, 5.41) is 0. The van der Waals surface area contributed by atoms with Gasteiger partial charge in [0.1, 0.15) is 0 Å². The second-order valence-electron chi connectivity index (χ2n) is 4.54. The largest absolute Gasteiger partial charge is 0.374 e. The van der Waals surface area contributed by atoms with Crippen LogP contribution in [-0.4, -0.2) is 18.2 Å². The molecule has 0 saturated heterocycles. The van der Waals surface area contributed by atoms with Gasteiger partial charge in [0, 0.05) is 16.2 Å². The summed E-state index contributed by atoms with van der Waals surface area (Å²) in [6.07, 6.45) is 1.80. The van der Waals surface area contributed by atoms with Crippen LogP contribution >= 0.6 is 22.6 Å². The molecule has 0 aliphatic heterocycles. The molecule has 1 rings (SSSR count). The molecule has 0 fully saturated rings. The van der Waals surface area contributed by atoms with Crippen LogP contribution in [0.3, 0.4) is 0 Å². The van der Waals surface area contributed by atoms with Crippen molar-refractivity contribution < 1.29 is 4.74 Å². The number of nitrogens with two attached hydrogens (primary N) is 1. The zero-order valence-electron chi connectivity index (χ0n) is 10.9. The van der Waals surface area contributed by atoms with Crippen LogP contribution in [0.15, 0.2) is 24.3 Å². The van der Waals surface area contributed by atoms with E-state index in [1.807, 2.05) is 6.92 Å². The van der Waals surface area contributed by atoms with Gasteiger partial charge in [-0.3, -0.25) is 0 Å². The molecular weight excluding hydrogens is 325 g/mol. The van der Waals surface area contributed by atoms with Crippen molar-refractivity contribution in [2.24, 2.45) is 5.73 Å². The summed E-state index contributed by atoms with van der Waals surface area (Å²) in [6.45, 7) is 6.97. The monoisotopic (exact) mass is 347 g/mol. The quantitative estimate of drug-likeness (QED) is 0.801. The van der Waals surface area contributed by atoms with Crippen molar-refractivity contribution in [3.63, 3.8) is 0 Å². The summed E-state index contributed by atoms with van der Waals surface area (Å²) in [5.74, 6) is 0. The highest BCUT2D eigenvalue weighted by Crippen LogP contribution is 2.22. The van der Waals surface area contributed by atoms with Gasteiger partial charge < -0.3 is 10.5 Å². The lowest BCUT2D eigenvalue weighted by molar-refractivity contribution is -0.0461. The van der Waals surface area contributed by atoms with Crippen LogP contribution < -0.4 is 5.73 Å². The topological polar surface area (TPSA) is 35.2 Å². The molecule has 2 nitrogen and oxygen atoms in total. The smallest absolute Gasteiger partial charge is 0.0805 e. The minimum atomic E-state index is -0.224. The van der Waals surface area contributed by atoms with Crippen molar-refractivity contribution >= 4 is 22.6 Å². The van der Waals surface area contributed by atoms with Crippen LogP contribution in [0.4, 0.5) is 0 Å². The first kappa shape index (κ1) is 14.9. The normalized spacial score (nSPS) is 16.5. The standard InChI is InChI=1S/C14H22INO/c1-4-14(3,17-5-2)13(16)10-11-6-8-12(15)9-7-11/h6-9,13H,4-5,10,16H2,1-3H3. The zero-order chi connectivity index (χ0) is 12.9. The first-order valence-electron chi connectivity index (χ1n) is 6.15. The third kappa shape index (κ3) is 4.23. The van der Waals surface area contributed by atoms with E-state index in [0.717, 1.165) is 12.8 Å². The second-order valence-corrected chi connectivity index (χ2v) is 5.78. The maximum atomic E-state index is 6.29. The molecule has 2 atom stereocenters. The van der Waals surface area contributed by atoms with Crippen molar-refractivity contribution in [2.45, 2.75) is 45.3 Å². The third-order valence-corrected chi connectivity index (χ3v) is 4.05. The van der Waals surface area contributed by atoms with Crippen molar-refractivity contribution in [3.05, 3.63) is 33.4 Å². The highest BCUT2D eigenvalue weighted by atomic mass is 127. The predicted octanol–water partition coefficient (Wildman–Crippen LogP) is 3.37. The van der Waals surface area contributed by atoms with Crippen molar-refractivity contribution in [1.29, 1.82) is 0 Å². The van der Waals surface area contributed by atoms with Crippen LogP contribution in [-0.2, 0) is 11.2 Å². The maximum Gasteiger partial charge on any atom is 0.0805 e. The Morgan fingerprint density at radius 3 is 2.35 bits per heavy atom. The molecule has 3 heteroatoms.